The van der Waals surface area contributed by atoms with Crippen LogP contribution in [0.3, 0.4) is 0 Å². The molecular weight excluding hydrogens is 174 g/mol. The summed E-state index contributed by atoms with van der Waals surface area (Å²) in [5.74, 6) is 0.821. The van der Waals surface area contributed by atoms with Gasteiger partial charge < -0.3 is 10.1 Å². The van der Waals surface area contributed by atoms with Gasteiger partial charge in [-0.2, -0.15) is 0 Å². The van der Waals surface area contributed by atoms with Crippen molar-refractivity contribution in [2.24, 2.45) is 11.3 Å². The van der Waals surface area contributed by atoms with Crippen LogP contribution < -0.4 is 5.32 Å². The Morgan fingerprint density at radius 1 is 1.50 bits per heavy atom. The lowest BCUT2D eigenvalue weighted by Crippen LogP contribution is -2.34. The molecule has 0 aromatic carbocycles. The fraction of sp³-hybridized carbons (Fsp3) is 1.00. The van der Waals surface area contributed by atoms with Gasteiger partial charge in [0.25, 0.3) is 0 Å². The summed E-state index contributed by atoms with van der Waals surface area (Å²) in [5, 5.41) is 3.66. The van der Waals surface area contributed by atoms with E-state index in [2.05, 4.69) is 19.2 Å². The molecule has 2 unspecified atom stereocenters. The molecule has 0 radical (unpaired) electrons. The van der Waals surface area contributed by atoms with Crippen LogP contribution in [0.4, 0.5) is 0 Å². The van der Waals surface area contributed by atoms with Gasteiger partial charge in [0.05, 0.1) is 0 Å². The lowest BCUT2D eigenvalue weighted by Gasteiger charge is -2.21. The lowest BCUT2D eigenvalue weighted by atomic mass is 10.00. The number of hydrogen-bond donors (Lipinski definition) is 1. The summed E-state index contributed by atoms with van der Waals surface area (Å²) >= 11 is 0. The fourth-order valence-electron chi connectivity index (χ4n) is 2.19. The highest BCUT2D eigenvalue weighted by Crippen LogP contribution is 2.47. The molecule has 1 heterocycles. The standard InChI is InChI=1S/C12H23NO/c1-10(12(2)5-6-12)13-7-3-11-4-8-14-9-11/h10-11,13H,3-9H2,1-2H3. The van der Waals surface area contributed by atoms with Crippen LogP contribution in [0.1, 0.15) is 39.5 Å². The molecule has 1 saturated carbocycles. The molecule has 0 spiro atoms. The maximum atomic E-state index is 5.37. The predicted molar refractivity (Wildman–Crippen MR) is 58.3 cm³/mol. The molecule has 0 aromatic heterocycles. The topological polar surface area (TPSA) is 21.3 Å². The van der Waals surface area contributed by atoms with Gasteiger partial charge in [0.1, 0.15) is 0 Å². The van der Waals surface area contributed by atoms with E-state index in [0.29, 0.717) is 11.5 Å². The van der Waals surface area contributed by atoms with Crippen LogP contribution in [0.5, 0.6) is 0 Å². The Kier molecular flexibility index (Phi) is 3.13. The highest BCUT2D eigenvalue weighted by Gasteiger charge is 2.42. The van der Waals surface area contributed by atoms with E-state index >= 15 is 0 Å². The van der Waals surface area contributed by atoms with Crippen LogP contribution in [0.25, 0.3) is 0 Å². The number of hydrogen-bond acceptors (Lipinski definition) is 2. The quantitative estimate of drug-likeness (QED) is 0.729. The summed E-state index contributed by atoms with van der Waals surface area (Å²) in [6, 6.07) is 0.699. The Balaban J connectivity index is 1.58. The predicted octanol–water partition coefficient (Wildman–Crippen LogP) is 2.19. The Labute approximate surface area is 87.4 Å². The molecule has 0 aromatic rings. The molecule has 2 atom stereocenters. The molecule has 2 aliphatic rings. The second-order valence-corrected chi connectivity index (χ2v) is 5.35. The SMILES string of the molecule is CC(NCCC1CCOC1)C1(C)CC1. The molecular formula is C12H23NO. The molecule has 2 fully saturated rings. The molecule has 2 nitrogen and oxygen atoms in total. The Bertz CT molecular complexity index is 183. The van der Waals surface area contributed by atoms with Gasteiger partial charge in [0, 0.05) is 19.3 Å². The highest BCUT2D eigenvalue weighted by molar-refractivity contribution is 4.96. The Morgan fingerprint density at radius 2 is 2.29 bits per heavy atom. The van der Waals surface area contributed by atoms with E-state index in [1.807, 2.05) is 0 Å². The Hall–Kier alpha value is -0.0800. The van der Waals surface area contributed by atoms with Crippen molar-refractivity contribution < 1.29 is 4.74 Å². The van der Waals surface area contributed by atoms with Crippen molar-refractivity contribution in [2.75, 3.05) is 19.8 Å². The third kappa shape index (κ3) is 2.48. The van der Waals surface area contributed by atoms with Gasteiger partial charge in [-0.1, -0.05) is 6.92 Å². The first-order chi connectivity index (χ1) is 6.71. The van der Waals surface area contributed by atoms with E-state index in [1.165, 1.54) is 32.2 Å². The van der Waals surface area contributed by atoms with E-state index in [0.717, 1.165) is 19.1 Å². The van der Waals surface area contributed by atoms with Gasteiger partial charge in [0.15, 0.2) is 0 Å². The normalized spacial score (nSPS) is 31.7. The molecule has 2 rings (SSSR count). The minimum absolute atomic E-state index is 0.617. The first kappa shape index (κ1) is 10.4. The first-order valence-electron chi connectivity index (χ1n) is 6.02. The third-order valence-corrected chi connectivity index (χ3v) is 4.11. The molecule has 82 valence electrons. The van der Waals surface area contributed by atoms with Gasteiger partial charge in [-0.3, -0.25) is 0 Å². The summed E-state index contributed by atoms with van der Waals surface area (Å²) in [7, 11) is 0. The summed E-state index contributed by atoms with van der Waals surface area (Å²) in [5.41, 5.74) is 0.617. The van der Waals surface area contributed by atoms with Crippen LogP contribution in [-0.2, 0) is 4.74 Å². The molecule has 1 aliphatic heterocycles. The van der Waals surface area contributed by atoms with Gasteiger partial charge in [-0.15, -0.1) is 0 Å². The molecule has 1 N–H and O–H groups in total. The minimum atomic E-state index is 0.617. The molecule has 1 aliphatic carbocycles. The van der Waals surface area contributed by atoms with Crippen molar-refractivity contribution >= 4 is 0 Å². The summed E-state index contributed by atoms with van der Waals surface area (Å²) in [4.78, 5) is 0. The van der Waals surface area contributed by atoms with Crippen LogP contribution in [0, 0.1) is 11.3 Å². The molecule has 0 bridgehead atoms. The van der Waals surface area contributed by atoms with Crippen molar-refractivity contribution in [3.63, 3.8) is 0 Å². The molecule has 0 amide bonds. The van der Waals surface area contributed by atoms with Crippen molar-refractivity contribution in [3.8, 4) is 0 Å². The fourth-order valence-corrected chi connectivity index (χ4v) is 2.19. The molecule has 1 saturated heterocycles. The molecule has 2 heteroatoms. The van der Waals surface area contributed by atoms with Crippen molar-refractivity contribution in [1.29, 1.82) is 0 Å². The van der Waals surface area contributed by atoms with Crippen molar-refractivity contribution in [2.45, 2.75) is 45.6 Å². The largest absolute Gasteiger partial charge is 0.381 e. The van der Waals surface area contributed by atoms with Crippen LogP contribution in [-0.4, -0.2) is 25.8 Å². The van der Waals surface area contributed by atoms with Crippen LogP contribution >= 0.6 is 0 Å². The van der Waals surface area contributed by atoms with E-state index in [9.17, 15) is 0 Å². The van der Waals surface area contributed by atoms with Gasteiger partial charge >= 0.3 is 0 Å². The number of ether oxygens (including phenoxy) is 1. The van der Waals surface area contributed by atoms with Crippen molar-refractivity contribution in [1.82, 2.24) is 5.32 Å². The monoisotopic (exact) mass is 197 g/mol. The zero-order valence-electron chi connectivity index (χ0n) is 9.51. The van der Waals surface area contributed by atoms with Gasteiger partial charge in [0.2, 0.25) is 0 Å². The van der Waals surface area contributed by atoms with Crippen LogP contribution in [0.2, 0.25) is 0 Å². The zero-order valence-corrected chi connectivity index (χ0v) is 9.51. The summed E-state index contributed by atoms with van der Waals surface area (Å²) < 4.78 is 5.37. The smallest absolute Gasteiger partial charge is 0.0495 e. The van der Waals surface area contributed by atoms with Crippen LogP contribution in [0.15, 0.2) is 0 Å². The van der Waals surface area contributed by atoms with Crippen molar-refractivity contribution in [3.05, 3.63) is 0 Å². The lowest BCUT2D eigenvalue weighted by molar-refractivity contribution is 0.183. The summed E-state index contributed by atoms with van der Waals surface area (Å²) in [6.45, 7) is 7.87. The first-order valence-corrected chi connectivity index (χ1v) is 6.02. The number of rotatable bonds is 5. The summed E-state index contributed by atoms with van der Waals surface area (Å²) in [6.07, 6.45) is 5.38. The number of nitrogens with one attached hydrogen (secondary N) is 1. The maximum Gasteiger partial charge on any atom is 0.0495 e. The average molecular weight is 197 g/mol. The minimum Gasteiger partial charge on any atom is -0.381 e. The van der Waals surface area contributed by atoms with E-state index in [-0.39, 0.29) is 0 Å². The molecule has 14 heavy (non-hydrogen) atoms. The average Bonchev–Trinajstić information content (AvgIpc) is 2.73. The van der Waals surface area contributed by atoms with Gasteiger partial charge in [-0.05, 0) is 50.5 Å². The van der Waals surface area contributed by atoms with E-state index in [4.69, 9.17) is 4.74 Å². The van der Waals surface area contributed by atoms with E-state index < -0.39 is 0 Å². The second-order valence-electron chi connectivity index (χ2n) is 5.35. The zero-order chi connectivity index (χ0) is 10.0. The van der Waals surface area contributed by atoms with Gasteiger partial charge in [-0.25, -0.2) is 0 Å². The Morgan fingerprint density at radius 3 is 2.86 bits per heavy atom. The maximum absolute atomic E-state index is 5.37. The third-order valence-electron chi connectivity index (χ3n) is 4.11. The second kappa shape index (κ2) is 4.19. The van der Waals surface area contributed by atoms with E-state index in [1.54, 1.807) is 0 Å². The highest BCUT2D eigenvalue weighted by atomic mass is 16.5.